The predicted molar refractivity (Wildman–Crippen MR) is 74.5 cm³/mol. The summed E-state index contributed by atoms with van der Waals surface area (Å²) in [5.74, 6) is 0.452. The first-order chi connectivity index (χ1) is 8.15. The van der Waals surface area contributed by atoms with Crippen LogP contribution in [0.25, 0.3) is 0 Å². The maximum absolute atomic E-state index is 12.9. The van der Waals surface area contributed by atoms with E-state index in [0.717, 1.165) is 20.7 Å². The summed E-state index contributed by atoms with van der Waals surface area (Å²) in [6.45, 7) is 0. The number of nitrogens with two attached hydrogens (primary N) is 1. The highest BCUT2D eigenvalue weighted by Crippen LogP contribution is 2.26. The Morgan fingerprint density at radius 3 is 2.47 bits per heavy atom. The van der Waals surface area contributed by atoms with Gasteiger partial charge in [-0.1, -0.05) is 22.0 Å². The summed E-state index contributed by atoms with van der Waals surface area (Å²) in [7, 11) is 0. The van der Waals surface area contributed by atoms with E-state index in [1.54, 1.807) is 17.8 Å². The highest BCUT2D eigenvalue weighted by Gasteiger charge is 2.02. The quantitative estimate of drug-likeness (QED) is 0.669. The second-order valence-electron chi connectivity index (χ2n) is 3.59. The summed E-state index contributed by atoms with van der Waals surface area (Å²) in [5, 5.41) is 0. The van der Waals surface area contributed by atoms with Crippen molar-refractivity contribution >= 4 is 33.4 Å². The minimum atomic E-state index is -0.292. The molecule has 0 aromatic heterocycles. The monoisotopic (exact) mass is 311 g/mol. The molecule has 0 saturated heterocycles. The Hall–Kier alpha value is -1.00. The second-order valence-corrected chi connectivity index (χ2v) is 5.55. The van der Waals surface area contributed by atoms with Gasteiger partial charge in [0, 0.05) is 20.8 Å². The number of hydrogen-bond acceptors (Lipinski definition) is 2. The molecule has 2 aromatic rings. The molecule has 2 N–H and O–H groups in total. The SMILES string of the molecule is Nc1cc(F)ccc1CSc1ccc(Br)cc1. The largest absolute Gasteiger partial charge is 0.398 e. The van der Waals surface area contributed by atoms with E-state index in [9.17, 15) is 4.39 Å². The second kappa shape index (κ2) is 5.56. The van der Waals surface area contributed by atoms with Gasteiger partial charge in [-0.15, -0.1) is 11.8 Å². The molecule has 4 heteroatoms. The van der Waals surface area contributed by atoms with Crippen LogP contribution in [0.4, 0.5) is 10.1 Å². The van der Waals surface area contributed by atoms with Gasteiger partial charge in [0.25, 0.3) is 0 Å². The molecule has 0 unspecified atom stereocenters. The van der Waals surface area contributed by atoms with Crippen LogP contribution in [-0.4, -0.2) is 0 Å². The fourth-order valence-electron chi connectivity index (χ4n) is 1.39. The van der Waals surface area contributed by atoms with E-state index in [-0.39, 0.29) is 5.82 Å². The van der Waals surface area contributed by atoms with Gasteiger partial charge in [0.1, 0.15) is 5.82 Å². The maximum atomic E-state index is 12.9. The molecule has 0 fully saturated rings. The van der Waals surface area contributed by atoms with Gasteiger partial charge in [0.05, 0.1) is 0 Å². The Morgan fingerprint density at radius 2 is 1.82 bits per heavy atom. The standard InChI is InChI=1S/C13H11BrFNS/c14-10-2-5-12(6-3-10)17-8-9-1-4-11(15)7-13(9)16/h1-7H,8,16H2. The smallest absolute Gasteiger partial charge is 0.125 e. The summed E-state index contributed by atoms with van der Waals surface area (Å²) >= 11 is 5.07. The average molecular weight is 312 g/mol. The maximum Gasteiger partial charge on any atom is 0.125 e. The average Bonchev–Trinajstić information content (AvgIpc) is 2.30. The van der Waals surface area contributed by atoms with Crippen LogP contribution in [0.1, 0.15) is 5.56 Å². The van der Waals surface area contributed by atoms with Crippen LogP contribution in [0, 0.1) is 5.82 Å². The molecule has 2 rings (SSSR count). The molecule has 0 saturated carbocycles. The van der Waals surface area contributed by atoms with Crippen LogP contribution in [0.3, 0.4) is 0 Å². The van der Waals surface area contributed by atoms with Gasteiger partial charge in [0.15, 0.2) is 0 Å². The summed E-state index contributed by atoms with van der Waals surface area (Å²) in [4.78, 5) is 1.16. The number of halogens is 2. The first-order valence-electron chi connectivity index (χ1n) is 5.07. The number of nitrogen functional groups attached to an aromatic ring is 1. The first-order valence-corrected chi connectivity index (χ1v) is 6.85. The van der Waals surface area contributed by atoms with Crippen LogP contribution >= 0.6 is 27.7 Å². The molecule has 0 radical (unpaired) electrons. The van der Waals surface area contributed by atoms with Crippen LogP contribution in [0.5, 0.6) is 0 Å². The van der Waals surface area contributed by atoms with Crippen molar-refractivity contribution < 1.29 is 4.39 Å². The van der Waals surface area contributed by atoms with Gasteiger partial charge in [0.2, 0.25) is 0 Å². The van der Waals surface area contributed by atoms with Crippen molar-refractivity contribution in [1.29, 1.82) is 0 Å². The first kappa shape index (κ1) is 12.5. The molecule has 1 nitrogen and oxygen atoms in total. The molecule has 0 atom stereocenters. The molecule has 88 valence electrons. The van der Waals surface area contributed by atoms with Crippen LogP contribution in [0.15, 0.2) is 51.8 Å². The fraction of sp³-hybridized carbons (Fsp3) is 0.0769. The van der Waals surface area contributed by atoms with Gasteiger partial charge in [-0.05, 0) is 42.0 Å². The van der Waals surface area contributed by atoms with Crippen LogP contribution < -0.4 is 5.73 Å². The highest BCUT2D eigenvalue weighted by molar-refractivity contribution is 9.10. The Labute approximate surface area is 112 Å². The minimum Gasteiger partial charge on any atom is -0.398 e. The molecule has 0 heterocycles. The highest BCUT2D eigenvalue weighted by atomic mass is 79.9. The molecular weight excluding hydrogens is 301 g/mol. The van der Waals surface area contributed by atoms with E-state index >= 15 is 0 Å². The van der Waals surface area contributed by atoms with E-state index in [4.69, 9.17) is 5.73 Å². The van der Waals surface area contributed by atoms with Crippen molar-refractivity contribution in [3.63, 3.8) is 0 Å². The molecule has 17 heavy (non-hydrogen) atoms. The lowest BCUT2D eigenvalue weighted by atomic mass is 10.2. The van der Waals surface area contributed by atoms with E-state index < -0.39 is 0 Å². The van der Waals surface area contributed by atoms with Crippen LogP contribution in [-0.2, 0) is 5.75 Å². The van der Waals surface area contributed by atoms with E-state index in [1.165, 1.54) is 12.1 Å². The zero-order valence-electron chi connectivity index (χ0n) is 8.99. The molecule has 0 spiro atoms. The van der Waals surface area contributed by atoms with Crippen molar-refractivity contribution in [2.75, 3.05) is 5.73 Å². The lowest BCUT2D eigenvalue weighted by Crippen LogP contribution is -1.93. The lowest BCUT2D eigenvalue weighted by molar-refractivity contribution is 0.628. The molecule has 0 aliphatic carbocycles. The Kier molecular flexibility index (Phi) is 4.07. The molecular formula is C13H11BrFNS. The van der Waals surface area contributed by atoms with Crippen molar-refractivity contribution in [2.24, 2.45) is 0 Å². The molecule has 0 amide bonds. The number of thioether (sulfide) groups is 1. The van der Waals surface area contributed by atoms with E-state index in [2.05, 4.69) is 15.9 Å². The fourth-order valence-corrected chi connectivity index (χ4v) is 2.57. The predicted octanol–water partition coefficient (Wildman–Crippen LogP) is 4.46. The number of anilines is 1. The molecule has 0 aliphatic rings. The zero-order valence-corrected chi connectivity index (χ0v) is 11.4. The Morgan fingerprint density at radius 1 is 1.12 bits per heavy atom. The van der Waals surface area contributed by atoms with Gasteiger partial charge in [-0.2, -0.15) is 0 Å². The van der Waals surface area contributed by atoms with Crippen LogP contribution in [0.2, 0.25) is 0 Å². The molecule has 2 aromatic carbocycles. The summed E-state index contributed by atoms with van der Waals surface area (Å²) < 4.78 is 13.9. The minimum absolute atomic E-state index is 0.292. The third-order valence-corrected chi connectivity index (χ3v) is 3.91. The van der Waals surface area contributed by atoms with Gasteiger partial charge >= 0.3 is 0 Å². The summed E-state index contributed by atoms with van der Waals surface area (Å²) in [6, 6.07) is 12.6. The third-order valence-electron chi connectivity index (χ3n) is 2.32. The number of benzene rings is 2. The van der Waals surface area contributed by atoms with Crippen molar-refractivity contribution in [3.8, 4) is 0 Å². The Balaban J connectivity index is 2.04. The number of rotatable bonds is 3. The van der Waals surface area contributed by atoms with E-state index in [0.29, 0.717) is 5.69 Å². The van der Waals surface area contributed by atoms with Gasteiger partial charge in [-0.25, -0.2) is 4.39 Å². The van der Waals surface area contributed by atoms with Crippen molar-refractivity contribution in [2.45, 2.75) is 10.6 Å². The Bertz CT molecular complexity index is 513. The van der Waals surface area contributed by atoms with Crippen molar-refractivity contribution in [1.82, 2.24) is 0 Å². The third kappa shape index (κ3) is 3.48. The number of hydrogen-bond donors (Lipinski definition) is 1. The topological polar surface area (TPSA) is 26.0 Å². The normalized spacial score (nSPS) is 10.5. The molecule has 0 aliphatic heterocycles. The van der Waals surface area contributed by atoms with Gasteiger partial charge in [-0.3, -0.25) is 0 Å². The van der Waals surface area contributed by atoms with E-state index in [1.807, 2.05) is 24.3 Å². The summed E-state index contributed by atoms with van der Waals surface area (Å²) in [6.07, 6.45) is 0. The molecule has 0 bridgehead atoms. The summed E-state index contributed by atoms with van der Waals surface area (Å²) in [5.41, 5.74) is 7.22. The lowest BCUT2D eigenvalue weighted by Gasteiger charge is -2.05. The van der Waals surface area contributed by atoms with Gasteiger partial charge < -0.3 is 5.73 Å². The van der Waals surface area contributed by atoms with Crippen molar-refractivity contribution in [3.05, 3.63) is 58.3 Å². The zero-order chi connectivity index (χ0) is 12.3.